The van der Waals surface area contributed by atoms with Crippen LogP contribution in [0.3, 0.4) is 0 Å². The summed E-state index contributed by atoms with van der Waals surface area (Å²) >= 11 is 0. The highest BCUT2D eigenvalue weighted by molar-refractivity contribution is 7.56. The van der Waals surface area contributed by atoms with Crippen LogP contribution in [0.5, 0.6) is 17.2 Å². The number of hydrogen-bond donors (Lipinski definition) is 0. The van der Waals surface area contributed by atoms with Gasteiger partial charge in [0, 0.05) is 11.1 Å². The molecular formula is C31H33O3P. The van der Waals surface area contributed by atoms with Gasteiger partial charge < -0.3 is 13.8 Å². The molecule has 0 aliphatic heterocycles. The molecule has 35 heavy (non-hydrogen) atoms. The zero-order valence-electron chi connectivity index (χ0n) is 21.6. The van der Waals surface area contributed by atoms with Gasteiger partial charge in [0.2, 0.25) is 0 Å². The topological polar surface area (TPSA) is 27.7 Å². The van der Waals surface area contributed by atoms with E-state index in [2.05, 4.69) is 90.1 Å². The lowest BCUT2D eigenvalue weighted by atomic mass is 9.95. The first-order chi connectivity index (χ1) is 16.8. The first-order valence-corrected chi connectivity index (χ1v) is 13.0. The van der Waals surface area contributed by atoms with Gasteiger partial charge in [0.1, 0.15) is 17.2 Å². The van der Waals surface area contributed by atoms with Crippen LogP contribution in [0.15, 0.2) is 72.8 Å². The van der Waals surface area contributed by atoms with Crippen molar-refractivity contribution >= 4 is 13.7 Å². The molecule has 1 unspecified atom stereocenters. The molecule has 0 radical (unpaired) electrons. The summed E-state index contributed by atoms with van der Waals surface area (Å²) in [5.74, 6) is 2.52. The van der Waals surface area contributed by atoms with Crippen molar-refractivity contribution in [2.24, 2.45) is 0 Å². The summed E-state index contributed by atoms with van der Waals surface area (Å²) in [7, 11) is 0.290. The van der Waals surface area contributed by atoms with E-state index in [1.54, 1.807) is 7.11 Å². The molecule has 0 aliphatic carbocycles. The maximum Gasteiger partial charge on any atom is 0.326 e. The molecule has 0 aromatic heterocycles. The number of methoxy groups -OCH3 is 1. The molecular weight excluding hydrogens is 451 g/mol. The van der Waals surface area contributed by atoms with Gasteiger partial charge in [-0.2, -0.15) is 0 Å². The van der Waals surface area contributed by atoms with Crippen molar-refractivity contribution in [2.75, 3.05) is 7.11 Å². The number of benzene rings is 4. The van der Waals surface area contributed by atoms with Crippen LogP contribution in [0.2, 0.25) is 0 Å². The highest BCUT2D eigenvalue weighted by atomic mass is 31.2. The average Bonchev–Trinajstić information content (AvgIpc) is 2.81. The molecule has 3 nitrogen and oxygen atoms in total. The fraction of sp³-hybridized carbons (Fsp3) is 0.226. The van der Waals surface area contributed by atoms with Gasteiger partial charge in [-0.25, -0.2) is 0 Å². The van der Waals surface area contributed by atoms with Crippen LogP contribution in [0.1, 0.15) is 33.4 Å². The lowest BCUT2D eigenvalue weighted by Gasteiger charge is -2.24. The predicted molar refractivity (Wildman–Crippen MR) is 148 cm³/mol. The lowest BCUT2D eigenvalue weighted by Crippen LogP contribution is -2.11. The van der Waals surface area contributed by atoms with E-state index in [1.165, 1.54) is 16.7 Å². The van der Waals surface area contributed by atoms with Crippen molar-refractivity contribution in [3.05, 3.63) is 106 Å². The zero-order valence-corrected chi connectivity index (χ0v) is 22.5. The third-order valence-electron chi connectivity index (χ3n) is 5.99. The van der Waals surface area contributed by atoms with Gasteiger partial charge >= 0.3 is 8.38 Å². The number of hydrogen-bond acceptors (Lipinski definition) is 3. The lowest BCUT2D eigenvalue weighted by molar-refractivity contribution is 0.413. The molecule has 0 spiro atoms. The van der Waals surface area contributed by atoms with Crippen molar-refractivity contribution in [1.82, 2.24) is 0 Å². The zero-order chi connectivity index (χ0) is 25.1. The summed E-state index contributed by atoms with van der Waals surface area (Å²) in [4.78, 5) is 0. The van der Waals surface area contributed by atoms with Crippen molar-refractivity contribution < 1.29 is 13.8 Å². The molecule has 4 heteroatoms. The molecule has 0 bridgehead atoms. The quantitative estimate of drug-likeness (QED) is 0.247. The highest BCUT2D eigenvalue weighted by Gasteiger charge is 2.24. The van der Waals surface area contributed by atoms with E-state index >= 15 is 0 Å². The minimum absolute atomic E-state index is 0.818. The maximum atomic E-state index is 6.83. The standard InChI is InChI=1S/C31H33O3P/c1-20-13-14-29(23(4)15-20)33-35(26-11-9-8-10-12-26)34-31-25(6)17-22(3)19-28(31)27-18-21(2)16-24(5)30(27)32-7/h8-19H,1-7H3. The monoisotopic (exact) mass is 484 g/mol. The summed E-state index contributed by atoms with van der Waals surface area (Å²) in [5, 5.41) is 1.01. The Labute approximate surface area is 210 Å². The molecule has 0 heterocycles. The Balaban J connectivity index is 1.85. The molecule has 0 amide bonds. The molecule has 4 aromatic carbocycles. The van der Waals surface area contributed by atoms with Crippen molar-refractivity contribution in [1.29, 1.82) is 0 Å². The van der Waals surface area contributed by atoms with E-state index in [0.29, 0.717) is 0 Å². The molecule has 180 valence electrons. The van der Waals surface area contributed by atoms with E-state index in [1.807, 2.05) is 24.3 Å². The summed E-state index contributed by atoms with van der Waals surface area (Å²) in [5.41, 5.74) is 8.86. The smallest absolute Gasteiger partial charge is 0.326 e. The van der Waals surface area contributed by atoms with Crippen LogP contribution < -0.4 is 19.1 Å². The van der Waals surface area contributed by atoms with Gasteiger partial charge in [0.15, 0.2) is 0 Å². The molecule has 0 fully saturated rings. The van der Waals surface area contributed by atoms with Crippen molar-refractivity contribution in [3.63, 3.8) is 0 Å². The van der Waals surface area contributed by atoms with Crippen molar-refractivity contribution in [2.45, 2.75) is 41.5 Å². The summed E-state index contributed by atoms with van der Waals surface area (Å²) in [6.45, 7) is 12.6. The van der Waals surface area contributed by atoms with Crippen LogP contribution in [-0.2, 0) is 0 Å². The third kappa shape index (κ3) is 5.52. The number of aryl methyl sites for hydroxylation is 6. The number of rotatable bonds is 7. The predicted octanol–water partition coefficient (Wildman–Crippen LogP) is 8.31. The van der Waals surface area contributed by atoms with Gasteiger partial charge in [-0.05, 0) is 99.7 Å². The first-order valence-electron chi connectivity index (χ1n) is 11.8. The van der Waals surface area contributed by atoms with Crippen LogP contribution >= 0.6 is 8.38 Å². The Morgan fingerprint density at radius 2 is 1.11 bits per heavy atom. The first kappa shape index (κ1) is 24.8. The summed E-state index contributed by atoms with van der Waals surface area (Å²) < 4.78 is 19.3. The minimum Gasteiger partial charge on any atom is -0.496 e. The van der Waals surface area contributed by atoms with Gasteiger partial charge in [0.25, 0.3) is 0 Å². The molecule has 0 aliphatic rings. The molecule has 0 saturated heterocycles. The van der Waals surface area contributed by atoms with E-state index in [0.717, 1.165) is 50.4 Å². The van der Waals surface area contributed by atoms with Crippen LogP contribution in [0.25, 0.3) is 11.1 Å². The Morgan fingerprint density at radius 1 is 0.543 bits per heavy atom. The molecule has 0 N–H and O–H groups in total. The fourth-order valence-electron chi connectivity index (χ4n) is 4.45. The Kier molecular flexibility index (Phi) is 7.48. The molecule has 4 aromatic rings. The minimum atomic E-state index is -1.44. The van der Waals surface area contributed by atoms with Gasteiger partial charge in [-0.1, -0.05) is 48.0 Å². The van der Waals surface area contributed by atoms with Crippen LogP contribution in [-0.4, -0.2) is 7.11 Å². The highest BCUT2D eigenvalue weighted by Crippen LogP contribution is 2.48. The van der Waals surface area contributed by atoms with Gasteiger partial charge in [-0.3, -0.25) is 0 Å². The van der Waals surface area contributed by atoms with E-state index in [-0.39, 0.29) is 0 Å². The van der Waals surface area contributed by atoms with Crippen LogP contribution in [0, 0.1) is 41.5 Å². The second kappa shape index (κ2) is 10.5. The summed E-state index contributed by atoms with van der Waals surface area (Å²) in [6.07, 6.45) is 0. The second-order valence-electron chi connectivity index (χ2n) is 9.17. The Hall–Kier alpha value is -3.29. The van der Waals surface area contributed by atoms with Gasteiger partial charge in [0.05, 0.1) is 12.4 Å². The van der Waals surface area contributed by atoms with E-state index in [4.69, 9.17) is 13.8 Å². The molecule has 0 saturated carbocycles. The van der Waals surface area contributed by atoms with E-state index in [9.17, 15) is 0 Å². The average molecular weight is 485 g/mol. The third-order valence-corrected chi connectivity index (χ3v) is 7.42. The normalized spacial score (nSPS) is 11.7. The Bertz CT molecular complexity index is 1350. The maximum absolute atomic E-state index is 6.83. The second-order valence-corrected chi connectivity index (χ2v) is 10.6. The largest absolute Gasteiger partial charge is 0.496 e. The Morgan fingerprint density at radius 3 is 1.71 bits per heavy atom. The van der Waals surface area contributed by atoms with Crippen molar-refractivity contribution in [3.8, 4) is 28.4 Å². The summed E-state index contributed by atoms with van der Waals surface area (Å²) in [6, 6.07) is 25.1. The number of ether oxygens (including phenoxy) is 1. The SMILES string of the molecule is COc1c(C)cc(C)cc1-c1cc(C)cc(C)c1OP(Oc1ccc(C)cc1C)c1ccccc1. The van der Waals surface area contributed by atoms with E-state index < -0.39 is 8.38 Å². The van der Waals surface area contributed by atoms with Crippen LogP contribution in [0.4, 0.5) is 0 Å². The fourth-order valence-corrected chi connectivity index (χ4v) is 5.90. The molecule has 4 rings (SSSR count). The molecule has 1 atom stereocenters. The van der Waals surface area contributed by atoms with Gasteiger partial charge in [-0.15, -0.1) is 0 Å².